The highest BCUT2D eigenvalue weighted by Crippen LogP contribution is 2.45. The molecule has 0 amide bonds. The highest BCUT2D eigenvalue weighted by Gasteiger charge is 2.33. The summed E-state index contributed by atoms with van der Waals surface area (Å²) in [7, 11) is 0. The van der Waals surface area contributed by atoms with E-state index in [1.54, 1.807) is 0 Å². The van der Waals surface area contributed by atoms with Crippen molar-refractivity contribution in [3.05, 3.63) is 22.7 Å². The summed E-state index contributed by atoms with van der Waals surface area (Å²) in [6, 6.07) is 3.93. The lowest BCUT2D eigenvalue weighted by Crippen LogP contribution is -2.39. The standard InChI is InChI=1S/C14H18ClNO2/c15-12-10(14(16)6-2-1-3-7-14)4-5-11-13(12)18-9-8-17-11/h4-5H,1-3,6-9,16H2. The Kier molecular flexibility index (Phi) is 3.12. The van der Waals surface area contributed by atoms with Gasteiger partial charge in [-0.3, -0.25) is 0 Å². The molecule has 4 heteroatoms. The van der Waals surface area contributed by atoms with Crippen LogP contribution in [0.15, 0.2) is 12.1 Å². The van der Waals surface area contributed by atoms with Crippen LogP contribution in [0.4, 0.5) is 0 Å². The van der Waals surface area contributed by atoms with E-state index in [1.165, 1.54) is 19.3 Å². The van der Waals surface area contributed by atoms with E-state index < -0.39 is 0 Å². The van der Waals surface area contributed by atoms with Gasteiger partial charge in [-0.25, -0.2) is 0 Å². The molecule has 2 aliphatic rings. The lowest BCUT2D eigenvalue weighted by atomic mass is 9.77. The van der Waals surface area contributed by atoms with Crippen molar-refractivity contribution in [1.82, 2.24) is 0 Å². The van der Waals surface area contributed by atoms with Crippen LogP contribution in [0.3, 0.4) is 0 Å². The zero-order chi connectivity index (χ0) is 12.6. The van der Waals surface area contributed by atoms with Crippen molar-refractivity contribution in [3.8, 4) is 11.5 Å². The Morgan fingerprint density at radius 2 is 1.78 bits per heavy atom. The molecule has 0 radical (unpaired) electrons. The monoisotopic (exact) mass is 267 g/mol. The minimum absolute atomic E-state index is 0.300. The lowest BCUT2D eigenvalue weighted by Gasteiger charge is -2.35. The Hall–Kier alpha value is -0.930. The maximum absolute atomic E-state index is 6.53. The number of ether oxygens (including phenoxy) is 2. The minimum Gasteiger partial charge on any atom is -0.486 e. The normalized spacial score (nSPS) is 21.7. The molecule has 1 aromatic rings. The fraction of sp³-hybridized carbons (Fsp3) is 0.571. The van der Waals surface area contributed by atoms with Crippen LogP contribution in [0, 0.1) is 0 Å². The number of nitrogens with two attached hydrogens (primary N) is 1. The third-order valence-corrected chi connectivity index (χ3v) is 4.31. The number of benzene rings is 1. The molecule has 3 nitrogen and oxygen atoms in total. The fourth-order valence-electron chi connectivity index (χ4n) is 2.92. The SMILES string of the molecule is NC1(c2ccc3c(c2Cl)OCCO3)CCCCC1. The molecular weight excluding hydrogens is 250 g/mol. The molecule has 18 heavy (non-hydrogen) atoms. The second kappa shape index (κ2) is 4.63. The molecular formula is C14H18ClNO2. The quantitative estimate of drug-likeness (QED) is 0.850. The minimum atomic E-state index is -0.300. The van der Waals surface area contributed by atoms with Crippen molar-refractivity contribution >= 4 is 11.6 Å². The molecule has 3 rings (SSSR count). The van der Waals surface area contributed by atoms with Gasteiger partial charge in [0.05, 0.1) is 5.02 Å². The molecule has 1 aromatic carbocycles. The topological polar surface area (TPSA) is 44.5 Å². The van der Waals surface area contributed by atoms with E-state index in [1.807, 2.05) is 12.1 Å². The van der Waals surface area contributed by atoms with Gasteiger partial charge in [-0.05, 0) is 24.5 Å². The van der Waals surface area contributed by atoms with Gasteiger partial charge in [-0.1, -0.05) is 36.9 Å². The molecule has 98 valence electrons. The maximum atomic E-state index is 6.53. The zero-order valence-electron chi connectivity index (χ0n) is 10.4. The van der Waals surface area contributed by atoms with Gasteiger partial charge in [0.1, 0.15) is 13.2 Å². The third kappa shape index (κ3) is 1.95. The second-order valence-corrected chi connectivity index (χ2v) is 5.55. The first-order valence-electron chi connectivity index (χ1n) is 6.58. The smallest absolute Gasteiger partial charge is 0.180 e. The van der Waals surface area contributed by atoms with E-state index in [4.69, 9.17) is 26.8 Å². The van der Waals surface area contributed by atoms with Gasteiger partial charge < -0.3 is 15.2 Å². The lowest BCUT2D eigenvalue weighted by molar-refractivity contribution is 0.171. The van der Waals surface area contributed by atoms with E-state index in [2.05, 4.69) is 0 Å². The first kappa shape index (κ1) is 12.1. The predicted octanol–water partition coefficient (Wildman–Crippen LogP) is 3.23. The summed E-state index contributed by atoms with van der Waals surface area (Å²) in [4.78, 5) is 0. The summed E-state index contributed by atoms with van der Waals surface area (Å²) >= 11 is 6.46. The fourth-order valence-corrected chi connectivity index (χ4v) is 3.32. The Labute approximate surface area is 112 Å². The second-order valence-electron chi connectivity index (χ2n) is 5.17. The Bertz CT molecular complexity index is 455. The van der Waals surface area contributed by atoms with Crippen molar-refractivity contribution in [2.24, 2.45) is 5.73 Å². The van der Waals surface area contributed by atoms with E-state index >= 15 is 0 Å². The first-order chi connectivity index (χ1) is 8.71. The third-order valence-electron chi connectivity index (χ3n) is 3.93. The number of hydrogen-bond donors (Lipinski definition) is 1. The van der Waals surface area contributed by atoms with Crippen molar-refractivity contribution in [1.29, 1.82) is 0 Å². The van der Waals surface area contributed by atoms with E-state index in [-0.39, 0.29) is 5.54 Å². The molecule has 0 spiro atoms. The average Bonchev–Trinajstić information content (AvgIpc) is 2.40. The summed E-state index contributed by atoms with van der Waals surface area (Å²) in [5, 5.41) is 0.636. The van der Waals surface area contributed by atoms with E-state index in [0.29, 0.717) is 24.0 Å². The van der Waals surface area contributed by atoms with Crippen molar-refractivity contribution in [2.75, 3.05) is 13.2 Å². The molecule has 0 aromatic heterocycles. The van der Waals surface area contributed by atoms with Gasteiger partial charge in [0, 0.05) is 5.54 Å². The highest BCUT2D eigenvalue weighted by atomic mass is 35.5. The van der Waals surface area contributed by atoms with Gasteiger partial charge in [0.2, 0.25) is 0 Å². The average molecular weight is 268 g/mol. The zero-order valence-corrected chi connectivity index (χ0v) is 11.1. The van der Waals surface area contributed by atoms with Crippen LogP contribution in [0.5, 0.6) is 11.5 Å². The largest absolute Gasteiger partial charge is 0.486 e. The van der Waals surface area contributed by atoms with Crippen LogP contribution in [0.25, 0.3) is 0 Å². The molecule has 1 aliphatic carbocycles. The molecule has 1 saturated carbocycles. The van der Waals surface area contributed by atoms with Crippen molar-refractivity contribution in [3.63, 3.8) is 0 Å². The van der Waals surface area contributed by atoms with E-state index in [9.17, 15) is 0 Å². The van der Waals surface area contributed by atoms with Gasteiger partial charge in [0.25, 0.3) is 0 Å². The van der Waals surface area contributed by atoms with E-state index in [0.717, 1.165) is 24.2 Å². The number of halogens is 1. The summed E-state index contributed by atoms with van der Waals surface area (Å²) in [6.45, 7) is 1.13. The number of hydrogen-bond acceptors (Lipinski definition) is 3. The molecule has 1 heterocycles. The summed E-state index contributed by atoms with van der Waals surface area (Å²) in [5.74, 6) is 1.39. The summed E-state index contributed by atoms with van der Waals surface area (Å²) in [6.07, 6.45) is 5.59. The Morgan fingerprint density at radius 1 is 1.06 bits per heavy atom. The first-order valence-corrected chi connectivity index (χ1v) is 6.96. The predicted molar refractivity (Wildman–Crippen MR) is 71.4 cm³/mol. The Morgan fingerprint density at radius 3 is 2.56 bits per heavy atom. The molecule has 1 aliphatic heterocycles. The van der Waals surface area contributed by atoms with Gasteiger partial charge in [-0.15, -0.1) is 0 Å². The van der Waals surface area contributed by atoms with Crippen LogP contribution in [-0.4, -0.2) is 13.2 Å². The summed E-state index contributed by atoms with van der Waals surface area (Å²) in [5.41, 5.74) is 7.24. The van der Waals surface area contributed by atoms with Crippen molar-refractivity contribution < 1.29 is 9.47 Å². The molecule has 0 unspecified atom stereocenters. The van der Waals surface area contributed by atoms with Crippen LogP contribution in [0.1, 0.15) is 37.7 Å². The maximum Gasteiger partial charge on any atom is 0.180 e. The summed E-state index contributed by atoms with van der Waals surface area (Å²) < 4.78 is 11.1. The van der Waals surface area contributed by atoms with Gasteiger partial charge in [0.15, 0.2) is 11.5 Å². The van der Waals surface area contributed by atoms with Crippen LogP contribution < -0.4 is 15.2 Å². The molecule has 2 N–H and O–H groups in total. The van der Waals surface area contributed by atoms with Gasteiger partial charge >= 0.3 is 0 Å². The van der Waals surface area contributed by atoms with Crippen LogP contribution in [0.2, 0.25) is 5.02 Å². The Balaban J connectivity index is 2.02. The van der Waals surface area contributed by atoms with Crippen LogP contribution in [-0.2, 0) is 5.54 Å². The molecule has 0 saturated heterocycles. The molecule has 0 atom stereocenters. The van der Waals surface area contributed by atoms with Gasteiger partial charge in [-0.2, -0.15) is 0 Å². The number of rotatable bonds is 1. The van der Waals surface area contributed by atoms with Crippen molar-refractivity contribution in [2.45, 2.75) is 37.6 Å². The van der Waals surface area contributed by atoms with Crippen LogP contribution >= 0.6 is 11.6 Å². The number of fused-ring (bicyclic) bond motifs is 1. The molecule has 1 fully saturated rings. The molecule has 0 bridgehead atoms. The highest BCUT2D eigenvalue weighted by molar-refractivity contribution is 6.33.